The van der Waals surface area contributed by atoms with Gasteiger partial charge in [-0.15, -0.1) is 0 Å². The number of fused-ring (bicyclic) bond motifs is 7. The van der Waals surface area contributed by atoms with Crippen LogP contribution in [0.4, 0.5) is 0 Å². The molecule has 332 valence electrons. The van der Waals surface area contributed by atoms with Gasteiger partial charge < -0.3 is 13.7 Å². The minimum absolute atomic E-state index is 0.00577. The van der Waals surface area contributed by atoms with E-state index >= 15 is 0 Å². The fourth-order valence-corrected chi connectivity index (χ4v) is 9.94. The van der Waals surface area contributed by atoms with E-state index in [0.717, 1.165) is 17.7 Å². The third kappa shape index (κ3) is 7.87. The minimum Gasteiger partial charge on any atom is -0.344 e. The molecule has 10 aromatic rings. The Morgan fingerprint density at radius 2 is 1.21 bits per heavy atom. The van der Waals surface area contributed by atoms with Gasteiger partial charge in [0.2, 0.25) is 0 Å². The Labute approximate surface area is 396 Å². The zero-order valence-electron chi connectivity index (χ0n) is 40.6. The largest absolute Gasteiger partial charge is 0.344 e. The number of aryl methyl sites for hydroxylation is 2. The lowest BCUT2D eigenvalue weighted by Crippen LogP contribution is -2.10. The lowest BCUT2D eigenvalue weighted by atomic mass is 9.86. The molecule has 3 heteroatoms. The van der Waals surface area contributed by atoms with E-state index in [2.05, 4.69) is 265 Å². The summed E-state index contributed by atoms with van der Waals surface area (Å²) in [5.41, 5.74) is 19.5. The molecule has 0 saturated carbocycles. The summed E-state index contributed by atoms with van der Waals surface area (Å²) in [5.74, 6) is 0. The van der Waals surface area contributed by atoms with Crippen molar-refractivity contribution >= 4 is 66.2 Å². The van der Waals surface area contributed by atoms with E-state index in [1.165, 1.54) is 105 Å². The van der Waals surface area contributed by atoms with Gasteiger partial charge in [-0.3, -0.25) is 0 Å². The topological polar surface area (TPSA) is 14.8 Å². The Morgan fingerprint density at radius 1 is 0.552 bits per heavy atom. The van der Waals surface area contributed by atoms with Gasteiger partial charge in [-0.2, -0.15) is 0 Å². The van der Waals surface area contributed by atoms with Crippen LogP contribution in [-0.2, 0) is 18.9 Å². The van der Waals surface area contributed by atoms with Gasteiger partial charge in [0.25, 0.3) is 0 Å². The van der Waals surface area contributed by atoms with Crippen LogP contribution >= 0.6 is 0 Å². The highest BCUT2D eigenvalue weighted by Gasteiger charge is 2.21. The number of para-hydroxylation sites is 2. The molecule has 0 atom stereocenters. The first-order valence-corrected chi connectivity index (χ1v) is 23.8. The zero-order chi connectivity index (χ0) is 46.8. The Kier molecular flexibility index (Phi) is 10.9. The summed E-state index contributed by atoms with van der Waals surface area (Å²) in [7, 11) is 2.17. The second-order valence-corrected chi connectivity index (χ2v) is 20.4. The standard InChI is InChI=1S/C64H61N3/c1-11-18-45(47-28-33-60-53(38-47)43(3)57(32-25-42(2)63(4,5)6)66(60)50-21-13-12-14-22-50)27-26-44-19-17-20-46(37-44)48-29-34-61-54(39-48)55-40-49(64(7,8)9)30-35-62(55)67(61)51-31-36-59-56(41-51)52-23-15-16-24-58(52)65(59)10/h11-25,27-41H,2,26H2,1,3-10H3/b18-11-,32-25-,45-27+. The van der Waals surface area contributed by atoms with Gasteiger partial charge in [0.15, 0.2) is 0 Å². The maximum Gasteiger partial charge on any atom is 0.0541 e. The van der Waals surface area contributed by atoms with Crippen LogP contribution in [0.15, 0.2) is 188 Å². The van der Waals surface area contributed by atoms with Gasteiger partial charge in [-0.1, -0.05) is 151 Å². The lowest BCUT2D eigenvalue weighted by Gasteiger charge is -2.19. The molecular weight excluding hydrogens is 811 g/mol. The van der Waals surface area contributed by atoms with Crippen molar-refractivity contribution in [3.63, 3.8) is 0 Å². The van der Waals surface area contributed by atoms with Gasteiger partial charge in [0.05, 0.1) is 16.6 Å². The highest BCUT2D eigenvalue weighted by Crippen LogP contribution is 2.40. The van der Waals surface area contributed by atoms with E-state index in [4.69, 9.17) is 0 Å². The first kappa shape index (κ1) is 43.5. The van der Waals surface area contributed by atoms with Crippen LogP contribution in [0.3, 0.4) is 0 Å². The fourth-order valence-electron chi connectivity index (χ4n) is 9.94. The molecule has 0 N–H and O–H groups in total. The van der Waals surface area contributed by atoms with E-state index in [1.807, 2.05) is 0 Å². The second-order valence-electron chi connectivity index (χ2n) is 20.4. The summed E-state index contributed by atoms with van der Waals surface area (Å²) < 4.78 is 7.15. The predicted molar refractivity (Wildman–Crippen MR) is 291 cm³/mol. The molecule has 3 heterocycles. The first-order valence-electron chi connectivity index (χ1n) is 23.8. The second kappa shape index (κ2) is 16.8. The van der Waals surface area contributed by atoms with Crippen molar-refractivity contribution < 1.29 is 0 Å². The number of aromatic nitrogens is 3. The van der Waals surface area contributed by atoms with Crippen molar-refractivity contribution in [3.05, 3.63) is 216 Å². The number of hydrogen-bond acceptors (Lipinski definition) is 0. The SMILES string of the molecule is C=C(/C=C\c1c(C)c2cc(C(/C=C\C)=C/Cc3cccc(-c4ccc5c(c4)c4cc(C(C)(C)C)ccc4n5-c4ccc5c(c4)c4ccccc4n5C)c3)ccc2n1-c1ccccc1)C(C)(C)C. The Balaban J connectivity index is 1.02. The smallest absolute Gasteiger partial charge is 0.0541 e. The third-order valence-corrected chi connectivity index (χ3v) is 14.0. The quantitative estimate of drug-likeness (QED) is 0.128. The summed E-state index contributed by atoms with van der Waals surface area (Å²) in [6, 6.07) is 56.5. The van der Waals surface area contributed by atoms with Gasteiger partial charge in [0, 0.05) is 62.1 Å². The molecule has 7 aromatic carbocycles. The van der Waals surface area contributed by atoms with Gasteiger partial charge in [-0.25, -0.2) is 0 Å². The highest BCUT2D eigenvalue weighted by atomic mass is 15.0. The summed E-state index contributed by atoms with van der Waals surface area (Å²) in [5, 5.41) is 6.35. The Morgan fingerprint density at radius 3 is 1.97 bits per heavy atom. The van der Waals surface area contributed by atoms with Crippen LogP contribution in [0.1, 0.15) is 76.4 Å². The van der Waals surface area contributed by atoms with Crippen LogP contribution in [0.5, 0.6) is 0 Å². The number of rotatable bonds is 9. The van der Waals surface area contributed by atoms with Crippen molar-refractivity contribution in [1.82, 2.24) is 13.7 Å². The molecule has 3 aromatic heterocycles. The summed E-state index contributed by atoms with van der Waals surface area (Å²) in [4.78, 5) is 0. The molecule has 0 bridgehead atoms. The first-order chi connectivity index (χ1) is 32.2. The average molecular weight is 872 g/mol. The van der Waals surface area contributed by atoms with Crippen LogP contribution in [0.2, 0.25) is 0 Å². The summed E-state index contributed by atoms with van der Waals surface area (Å²) >= 11 is 0. The van der Waals surface area contributed by atoms with E-state index in [-0.39, 0.29) is 10.8 Å². The highest BCUT2D eigenvalue weighted by molar-refractivity contribution is 6.12. The molecule has 0 amide bonds. The average Bonchev–Trinajstić information content (AvgIpc) is 3.92. The van der Waals surface area contributed by atoms with Gasteiger partial charge in [-0.05, 0) is 154 Å². The third-order valence-electron chi connectivity index (χ3n) is 14.0. The van der Waals surface area contributed by atoms with Crippen LogP contribution in [-0.4, -0.2) is 13.7 Å². The Bertz CT molecular complexity index is 3650. The van der Waals surface area contributed by atoms with Crippen LogP contribution < -0.4 is 0 Å². The molecule has 0 aliphatic rings. The molecule has 0 radical (unpaired) electrons. The molecule has 0 aliphatic heterocycles. The molecule has 67 heavy (non-hydrogen) atoms. The van der Waals surface area contributed by atoms with E-state index < -0.39 is 0 Å². The van der Waals surface area contributed by atoms with Crippen LogP contribution in [0, 0.1) is 12.3 Å². The molecule has 0 unspecified atom stereocenters. The molecule has 0 fully saturated rings. The Hall–Kier alpha value is -7.36. The maximum absolute atomic E-state index is 4.40. The van der Waals surface area contributed by atoms with Gasteiger partial charge in [0.1, 0.15) is 0 Å². The molecular formula is C64H61N3. The number of nitrogens with zero attached hydrogens (tertiary/aromatic N) is 3. The zero-order valence-corrected chi connectivity index (χ0v) is 40.6. The van der Waals surface area contributed by atoms with Crippen molar-refractivity contribution in [3.8, 4) is 22.5 Å². The number of hydrogen-bond donors (Lipinski definition) is 0. The van der Waals surface area contributed by atoms with Gasteiger partial charge >= 0.3 is 0 Å². The predicted octanol–water partition coefficient (Wildman–Crippen LogP) is 17.5. The minimum atomic E-state index is -0.00577. The summed E-state index contributed by atoms with van der Waals surface area (Å²) in [6.07, 6.45) is 12.0. The lowest BCUT2D eigenvalue weighted by molar-refractivity contribution is 0.519. The fraction of sp³-hybridized carbons (Fsp3) is 0.188. The number of benzene rings is 7. The van der Waals surface area contributed by atoms with E-state index in [1.54, 1.807) is 0 Å². The summed E-state index contributed by atoms with van der Waals surface area (Å²) in [6.45, 7) is 22.3. The monoisotopic (exact) mass is 871 g/mol. The molecule has 3 nitrogen and oxygen atoms in total. The van der Waals surface area contributed by atoms with E-state index in [9.17, 15) is 0 Å². The maximum atomic E-state index is 4.40. The van der Waals surface area contributed by atoms with E-state index in [0.29, 0.717) is 0 Å². The normalized spacial score (nSPS) is 12.9. The molecule has 0 spiro atoms. The number of allylic oxidation sites excluding steroid dienone is 6. The molecule has 0 saturated heterocycles. The van der Waals surface area contributed by atoms with Crippen LogP contribution in [0.25, 0.3) is 88.7 Å². The molecule has 0 aliphatic carbocycles. The molecule has 10 rings (SSSR count). The van der Waals surface area contributed by atoms with Crippen molar-refractivity contribution in [2.24, 2.45) is 12.5 Å². The van der Waals surface area contributed by atoms with Crippen molar-refractivity contribution in [1.29, 1.82) is 0 Å². The van der Waals surface area contributed by atoms with Crippen molar-refractivity contribution in [2.75, 3.05) is 0 Å². The van der Waals surface area contributed by atoms with Crippen molar-refractivity contribution in [2.45, 2.75) is 67.2 Å².